The number of carbonyl (C=O) groups is 1. The van der Waals surface area contributed by atoms with Crippen LogP contribution in [0.15, 0.2) is 35.4 Å². The smallest absolute Gasteiger partial charge is 0.271 e. The molecule has 0 spiro atoms. The maximum Gasteiger partial charge on any atom is 0.271 e. The molecule has 0 aromatic heterocycles. The summed E-state index contributed by atoms with van der Waals surface area (Å²) in [6.45, 7) is 8.66. The van der Waals surface area contributed by atoms with Gasteiger partial charge in [0.25, 0.3) is 5.91 Å². The first-order valence-electron chi connectivity index (χ1n) is 10.1. The second-order valence-electron chi connectivity index (χ2n) is 6.31. The number of nitrogens with zero attached hydrogens (tertiary/aromatic N) is 1. The first-order chi connectivity index (χ1) is 15.0. The van der Waals surface area contributed by atoms with Gasteiger partial charge in [0, 0.05) is 17.2 Å². The fraction of sp³-hybridized carbons (Fsp3) is 0.391. The van der Waals surface area contributed by atoms with Crippen molar-refractivity contribution in [2.45, 2.75) is 27.7 Å². The number of rotatable bonds is 11. The zero-order valence-electron chi connectivity index (χ0n) is 18.9. The van der Waals surface area contributed by atoms with Crippen LogP contribution in [0.2, 0.25) is 0 Å². The number of hydrogen-bond acceptors (Lipinski definition) is 7. The van der Waals surface area contributed by atoms with E-state index in [-0.39, 0.29) is 0 Å². The Morgan fingerprint density at radius 2 is 1.48 bits per heavy atom. The van der Waals surface area contributed by atoms with Gasteiger partial charge in [0.2, 0.25) is 5.75 Å². The highest BCUT2D eigenvalue weighted by molar-refractivity contribution is 6.03. The van der Waals surface area contributed by atoms with E-state index >= 15 is 0 Å². The van der Waals surface area contributed by atoms with Gasteiger partial charge in [0.1, 0.15) is 11.5 Å². The molecule has 0 aliphatic heterocycles. The summed E-state index contributed by atoms with van der Waals surface area (Å²) < 4.78 is 27.6. The Morgan fingerprint density at radius 1 is 0.871 bits per heavy atom. The summed E-state index contributed by atoms with van der Waals surface area (Å²) in [6.07, 6.45) is 0. The van der Waals surface area contributed by atoms with Crippen LogP contribution >= 0.6 is 0 Å². The molecule has 0 heterocycles. The van der Waals surface area contributed by atoms with Crippen molar-refractivity contribution in [3.8, 4) is 28.7 Å². The number of methoxy groups -OCH3 is 2. The highest BCUT2D eigenvalue weighted by Gasteiger charge is 2.18. The summed E-state index contributed by atoms with van der Waals surface area (Å²) in [4.78, 5) is 12.8. The van der Waals surface area contributed by atoms with Gasteiger partial charge in [-0.2, -0.15) is 5.10 Å². The van der Waals surface area contributed by atoms with Gasteiger partial charge in [0.05, 0.1) is 39.8 Å². The van der Waals surface area contributed by atoms with Crippen molar-refractivity contribution >= 4 is 11.6 Å². The van der Waals surface area contributed by atoms with Crippen LogP contribution in [0.5, 0.6) is 28.7 Å². The molecule has 1 amide bonds. The van der Waals surface area contributed by atoms with Crippen LogP contribution in [0.1, 0.15) is 43.6 Å². The highest BCUT2D eigenvalue weighted by Crippen LogP contribution is 2.39. The van der Waals surface area contributed by atoms with Gasteiger partial charge >= 0.3 is 0 Å². The normalized spacial score (nSPS) is 11.0. The van der Waals surface area contributed by atoms with Gasteiger partial charge < -0.3 is 23.7 Å². The molecule has 0 saturated heterocycles. The topological polar surface area (TPSA) is 87.6 Å². The lowest BCUT2D eigenvalue weighted by Crippen LogP contribution is -2.20. The molecule has 168 valence electrons. The number of carbonyl (C=O) groups excluding carboxylic acids is 1. The average molecular weight is 431 g/mol. The van der Waals surface area contributed by atoms with E-state index in [1.54, 1.807) is 45.4 Å². The van der Waals surface area contributed by atoms with Gasteiger partial charge in [-0.05, 0) is 52.0 Å². The molecule has 0 saturated carbocycles. The molecule has 8 heteroatoms. The second-order valence-corrected chi connectivity index (χ2v) is 6.31. The van der Waals surface area contributed by atoms with Crippen molar-refractivity contribution < 1.29 is 28.5 Å². The molecule has 0 atom stereocenters. The number of hydrogen-bond donors (Lipinski definition) is 1. The lowest BCUT2D eigenvalue weighted by atomic mass is 10.1. The summed E-state index contributed by atoms with van der Waals surface area (Å²) in [5, 5.41) is 4.23. The molecule has 8 nitrogen and oxygen atoms in total. The Balaban J connectivity index is 2.32. The SMILES string of the molecule is CCOc1cc(C(=O)N/N=C(\C)c2ccc(OC)cc2OC)cc(OCC)c1OCC. The van der Waals surface area contributed by atoms with E-state index in [2.05, 4.69) is 10.5 Å². The predicted molar refractivity (Wildman–Crippen MR) is 119 cm³/mol. The standard InChI is InChI=1S/C23H30N2O6/c1-7-29-20-12-16(13-21(30-8-2)22(20)31-9-3)23(26)25-24-15(4)18-11-10-17(27-5)14-19(18)28-6/h10-14H,7-9H2,1-6H3,(H,25,26)/b24-15+. The van der Waals surface area contributed by atoms with E-state index in [0.717, 1.165) is 5.56 Å². The molecule has 2 aromatic rings. The maximum absolute atomic E-state index is 12.8. The van der Waals surface area contributed by atoms with Crippen LogP contribution in [0.25, 0.3) is 0 Å². The minimum atomic E-state index is -0.406. The fourth-order valence-corrected chi connectivity index (χ4v) is 2.88. The Labute approximate surface area is 183 Å². The number of benzene rings is 2. The number of amides is 1. The summed E-state index contributed by atoms with van der Waals surface area (Å²) in [7, 11) is 3.15. The number of ether oxygens (including phenoxy) is 5. The van der Waals surface area contributed by atoms with Gasteiger partial charge in [-0.1, -0.05) is 0 Å². The molecule has 2 aromatic carbocycles. The second kappa shape index (κ2) is 11.7. The van der Waals surface area contributed by atoms with Crippen LogP contribution in [0.3, 0.4) is 0 Å². The van der Waals surface area contributed by atoms with E-state index in [1.165, 1.54) is 0 Å². The lowest BCUT2D eigenvalue weighted by Gasteiger charge is -2.16. The van der Waals surface area contributed by atoms with E-state index in [9.17, 15) is 4.79 Å². The summed E-state index contributed by atoms with van der Waals surface area (Å²) in [5.41, 5.74) is 4.23. The van der Waals surface area contributed by atoms with Crippen molar-refractivity contribution in [1.29, 1.82) is 0 Å². The molecule has 2 rings (SSSR count). The number of nitrogens with one attached hydrogen (secondary N) is 1. The Kier molecular flexibility index (Phi) is 8.99. The Bertz CT molecular complexity index is 899. The summed E-state index contributed by atoms with van der Waals surface area (Å²) in [6, 6.07) is 8.61. The third kappa shape index (κ3) is 6.04. The van der Waals surface area contributed by atoms with E-state index in [0.29, 0.717) is 59.8 Å². The lowest BCUT2D eigenvalue weighted by molar-refractivity contribution is 0.0953. The molecule has 0 radical (unpaired) electrons. The van der Waals surface area contributed by atoms with Crippen LogP contribution < -0.4 is 29.1 Å². The molecule has 0 unspecified atom stereocenters. The third-order valence-electron chi connectivity index (χ3n) is 4.29. The first-order valence-corrected chi connectivity index (χ1v) is 10.1. The fourth-order valence-electron chi connectivity index (χ4n) is 2.88. The quantitative estimate of drug-likeness (QED) is 0.427. The van der Waals surface area contributed by atoms with E-state index in [4.69, 9.17) is 23.7 Å². The summed E-state index contributed by atoms with van der Waals surface area (Å²) >= 11 is 0. The predicted octanol–water partition coefficient (Wildman–Crippen LogP) is 4.05. The third-order valence-corrected chi connectivity index (χ3v) is 4.29. The van der Waals surface area contributed by atoms with Crippen molar-refractivity contribution in [1.82, 2.24) is 5.43 Å². The van der Waals surface area contributed by atoms with Crippen LogP contribution in [-0.2, 0) is 0 Å². The molecule has 31 heavy (non-hydrogen) atoms. The van der Waals surface area contributed by atoms with Crippen LogP contribution in [0, 0.1) is 0 Å². The minimum Gasteiger partial charge on any atom is -0.497 e. The Hall–Kier alpha value is -3.42. The van der Waals surface area contributed by atoms with E-state index in [1.807, 2.05) is 26.8 Å². The largest absolute Gasteiger partial charge is 0.497 e. The first kappa shape index (κ1) is 23.9. The van der Waals surface area contributed by atoms with Crippen molar-refractivity contribution in [2.24, 2.45) is 5.10 Å². The molecular formula is C23H30N2O6. The van der Waals surface area contributed by atoms with Gasteiger partial charge in [-0.3, -0.25) is 4.79 Å². The van der Waals surface area contributed by atoms with Crippen LogP contribution in [0.4, 0.5) is 0 Å². The highest BCUT2D eigenvalue weighted by atomic mass is 16.5. The van der Waals surface area contributed by atoms with Crippen molar-refractivity contribution in [3.63, 3.8) is 0 Å². The maximum atomic E-state index is 12.8. The zero-order valence-corrected chi connectivity index (χ0v) is 18.9. The van der Waals surface area contributed by atoms with Crippen molar-refractivity contribution in [3.05, 3.63) is 41.5 Å². The Morgan fingerprint density at radius 3 is 2.00 bits per heavy atom. The zero-order chi connectivity index (χ0) is 22.8. The molecule has 0 aliphatic rings. The van der Waals surface area contributed by atoms with Gasteiger partial charge in [-0.15, -0.1) is 0 Å². The summed E-state index contributed by atoms with van der Waals surface area (Å²) in [5.74, 6) is 2.21. The molecule has 0 bridgehead atoms. The van der Waals surface area contributed by atoms with Crippen molar-refractivity contribution in [2.75, 3.05) is 34.0 Å². The average Bonchev–Trinajstić information content (AvgIpc) is 2.78. The molecule has 0 fully saturated rings. The number of hydrazone groups is 1. The minimum absolute atomic E-state index is 0.341. The monoisotopic (exact) mass is 430 g/mol. The molecule has 0 aliphatic carbocycles. The van der Waals surface area contributed by atoms with Gasteiger partial charge in [-0.25, -0.2) is 5.43 Å². The molecular weight excluding hydrogens is 400 g/mol. The molecule has 1 N–H and O–H groups in total. The van der Waals surface area contributed by atoms with E-state index < -0.39 is 5.91 Å². The van der Waals surface area contributed by atoms with Gasteiger partial charge in [0.15, 0.2) is 11.5 Å². The van der Waals surface area contributed by atoms with Crippen LogP contribution in [-0.4, -0.2) is 45.7 Å².